The molecule has 0 aromatic heterocycles. The summed E-state index contributed by atoms with van der Waals surface area (Å²) in [6.07, 6.45) is 1.83. The topological polar surface area (TPSA) is 33.0 Å². The molecular weight excluding hydrogens is 265 g/mol. The van der Waals surface area contributed by atoms with Crippen molar-refractivity contribution in [2.75, 3.05) is 7.11 Å². The van der Waals surface area contributed by atoms with Gasteiger partial charge in [0.15, 0.2) is 0 Å². The zero-order valence-corrected chi connectivity index (χ0v) is 12.3. The fourth-order valence-corrected chi connectivity index (χ4v) is 2.23. The molecular formula is C18H16FNO. The Morgan fingerprint density at radius 1 is 1.14 bits per heavy atom. The molecule has 2 aromatic carbocycles. The highest BCUT2D eigenvalue weighted by Crippen LogP contribution is 2.26. The van der Waals surface area contributed by atoms with E-state index in [1.54, 1.807) is 19.2 Å². The molecule has 0 aliphatic carbocycles. The van der Waals surface area contributed by atoms with Crippen LogP contribution in [0.2, 0.25) is 0 Å². The predicted molar refractivity (Wildman–Crippen MR) is 82.4 cm³/mol. The molecule has 0 N–H and O–H groups in total. The minimum absolute atomic E-state index is 0.312. The Bertz CT molecular complexity index is 701. The molecule has 21 heavy (non-hydrogen) atoms. The molecule has 0 aliphatic heterocycles. The number of benzene rings is 2. The number of methoxy groups -OCH3 is 1. The number of aryl methyl sites for hydroxylation is 2. The van der Waals surface area contributed by atoms with E-state index in [0.717, 1.165) is 22.4 Å². The van der Waals surface area contributed by atoms with Crippen LogP contribution in [0.15, 0.2) is 36.4 Å². The molecule has 2 aromatic rings. The molecule has 106 valence electrons. The summed E-state index contributed by atoms with van der Waals surface area (Å²) < 4.78 is 18.2. The first-order valence-electron chi connectivity index (χ1n) is 6.58. The van der Waals surface area contributed by atoms with Crippen molar-refractivity contribution in [1.29, 1.82) is 5.26 Å². The number of hydrogen-bond acceptors (Lipinski definition) is 2. The summed E-state index contributed by atoms with van der Waals surface area (Å²) in [7, 11) is 1.63. The van der Waals surface area contributed by atoms with E-state index >= 15 is 0 Å². The van der Waals surface area contributed by atoms with Crippen molar-refractivity contribution in [1.82, 2.24) is 0 Å². The molecule has 2 rings (SSSR count). The SMILES string of the molecule is COc1cc(C)c(/C=C(/C#N)c2ccc(F)cc2)c(C)c1. The number of nitrogens with zero attached hydrogens (tertiary/aromatic N) is 1. The van der Waals surface area contributed by atoms with Crippen LogP contribution in [-0.2, 0) is 0 Å². The van der Waals surface area contributed by atoms with Crippen LogP contribution in [0.25, 0.3) is 11.6 Å². The van der Waals surface area contributed by atoms with Crippen LogP contribution in [0.4, 0.5) is 4.39 Å². The lowest BCUT2D eigenvalue weighted by Gasteiger charge is -2.10. The number of allylic oxidation sites excluding steroid dienone is 1. The van der Waals surface area contributed by atoms with Gasteiger partial charge >= 0.3 is 0 Å². The standard InChI is InChI=1S/C18H16FNO/c1-12-8-17(21-3)9-13(2)18(12)10-15(11-20)14-4-6-16(19)7-5-14/h4-10H,1-3H3/b15-10-. The summed E-state index contributed by atoms with van der Waals surface area (Å²) in [6, 6.07) is 12.0. The van der Waals surface area contributed by atoms with Crippen molar-refractivity contribution < 1.29 is 9.13 Å². The third-order valence-electron chi connectivity index (χ3n) is 3.37. The molecule has 0 aliphatic rings. The number of rotatable bonds is 3. The van der Waals surface area contributed by atoms with Crippen LogP contribution < -0.4 is 4.74 Å². The van der Waals surface area contributed by atoms with Gasteiger partial charge in [0.1, 0.15) is 11.6 Å². The van der Waals surface area contributed by atoms with Gasteiger partial charge in [0.05, 0.1) is 18.8 Å². The predicted octanol–water partition coefficient (Wildman–Crippen LogP) is 4.52. The summed E-state index contributed by atoms with van der Waals surface area (Å²) in [4.78, 5) is 0. The van der Waals surface area contributed by atoms with Gasteiger partial charge in [-0.05, 0) is 66.4 Å². The third kappa shape index (κ3) is 3.29. The Kier molecular flexibility index (Phi) is 4.39. The Morgan fingerprint density at radius 2 is 1.71 bits per heavy atom. The number of nitriles is 1. The molecule has 0 saturated heterocycles. The number of ether oxygens (including phenoxy) is 1. The Labute approximate surface area is 124 Å². The monoisotopic (exact) mass is 281 g/mol. The minimum Gasteiger partial charge on any atom is -0.497 e. The van der Waals surface area contributed by atoms with Crippen molar-refractivity contribution in [2.24, 2.45) is 0 Å². The quantitative estimate of drug-likeness (QED) is 0.612. The average molecular weight is 281 g/mol. The first-order chi connectivity index (χ1) is 10.0. The maximum atomic E-state index is 13.0. The lowest BCUT2D eigenvalue weighted by Crippen LogP contribution is -1.92. The van der Waals surface area contributed by atoms with E-state index in [4.69, 9.17) is 4.74 Å². The molecule has 2 nitrogen and oxygen atoms in total. The molecule has 0 amide bonds. The van der Waals surface area contributed by atoms with Crippen LogP contribution in [0.5, 0.6) is 5.75 Å². The molecule has 0 heterocycles. The summed E-state index contributed by atoms with van der Waals surface area (Å²) in [5, 5.41) is 9.36. The van der Waals surface area contributed by atoms with Crippen LogP contribution in [0.1, 0.15) is 22.3 Å². The zero-order valence-electron chi connectivity index (χ0n) is 12.3. The summed E-state index contributed by atoms with van der Waals surface area (Å²) in [6.45, 7) is 3.95. The largest absolute Gasteiger partial charge is 0.497 e. The maximum Gasteiger partial charge on any atom is 0.123 e. The molecule has 0 bridgehead atoms. The summed E-state index contributed by atoms with van der Waals surface area (Å²) in [5.74, 6) is 0.482. The first-order valence-corrected chi connectivity index (χ1v) is 6.58. The molecule has 0 spiro atoms. The summed E-state index contributed by atoms with van der Waals surface area (Å²) in [5.41, 5.74) is 4.25. The van der Waals surface area contributed by atoms with Crippen molar-refractivity contribution in [2.45, 2.75) is 13.8 Å². The maximum absolute atomic E-state index is 13.0. The van der Waals surface area contributed by atoms with Crippen molar-refractivity contribution >= 4 is 11.6 Å². The fourth-order valence-electron chi connectivity index (χ4n) is 2.23. The Morgan fingerprint density at radius 3 is 2.19 bits per heavy atom. The second kappa shape index (κ2) is 6.23. The fraction of sp³-hybridized carbons (Fsp3) is 0.167. The van der Waals surface area contributed by atoms with E-state index in [2.05, 4.69) is 6.07 Å². The van der Waals surface area contributed by atoms with Crippen molar-refractivity contribution in [3.63, 3.8) is 0 Å². The Hall–Kier alpha value is -2.60. The van der Waals surface area contributed by atoms with E-state index in [0.29, 0.717) is 11.1 Å². The third-order valence-corrected chi connectivity index (χ3v) is 3.37. The van der Waals surface area contributed by atoms with E-state index in [1.165, 1.54) is 12.1 Å². The minimum atomic E-state index is -0.312. The number of halogens is 1. The first kappa shape index (κ1) is 14.8. The smallest absolute Gasteiger partial charge is 0.123 e. The van der Waals surface area contributed by atoms with E-state index in [-0.39, 0.29) is 5.82 Å². The molecule has 0 saturated carbocycles. The van der Waals surface area contributed by atoms with Crippen LogP contribution in [0, 0.1) is 31.0 Å². The molecule has 0 atom stereocenters. The average Bonchev–Trinajstić information content (AvgIpc) is 2.48. The second-order valence-corrected chi connectivity index (χ2v) is 4.85. The molecule has 3 heteroatoms. The van der Waals surface area contributed by atoms with Gasteiger partial charge in [-0.2, -0.15) is 5.26 Å². The number of hydrogen-bond donors (Lipinski definition) is 0. The van der Waals surface area contributed by atoms with Crippen LogP contribution in [0.3, 0.4) is 0 Å². The summed E-state index contributed by atoms with van der Waals surface area (Å²) >= 11 is 0. The van der Waals surface area contributed by atoms with E-state index in [1.807, 2.05) is 32.1 Å². The van der Waals surface area contributed by atoms with E-state index in [9.17, 15) is 9.65 Å². The molecule has 0 fully saturated rings. The van der Waals surface area contributed by atoms with Gasteiger partial charge in [0, 0.05) is 0 Å². The lowest BCUT2D eigenvalue weighted by atomic mass is 9.97. The van der Waals surface area contributed by atoms with Crippen LogP contribution >= 0.6 is 0 Å². The highest BCUT2D eigenvalue weighted by atomic mass is 19.1. The Balaban J connectivity index is 2.51. The van der Waals surface area contributed by atoms with Gasteiger partial charge in [-0.1, -0.05) is 12.1 Å². The van der Waals surface area contributed by atoms with Crippen molar-refractivity contribution in [3.05, 3.63) is 64.5 Å². The highest BCUT2D eigenvalue weighted by Gasteiger charge is 2.07. The molecule has 0 radical (unpaired) electrons. The van der Waals surface area contributed by atoms with Gasteiger partial charge in [0.2, 0.25) is 0 Å². The zero-order chi connectivity index (χ0) is 15.4. The van der Waals surface area contributed by atoms with Gasteiger partial charge in [0.25, 0.3) is 0 Å². The van der Waals surface area contributed by atoms with Gasteiger partial charge < -0.3 is 4.74 Å². The highest BCUT2D eigenvalue weighted by molar-refractivity contribution is 5.90. The van der Waals surface area contributed by atoms with Crippen molar-refractivity contribution in [3.8, 4) is 11.8 Å². The van der Waals surface area contributed by atoms with E-state index < -0.39 is 0 Å². The second-order valence-electron chi connectivity index (χ2n) is 4.85. The van der Waals surface area contributed by atoms with Gasteiger partial charge in [-0.3, -0.25) is 0 Å². The van der Waals surface area contributed by atoms with Crippen LogP contribution in [-0.4, -0.2) is 7.11 Å². The molecule has 0 unspecified atom stereocenters. The lowest BCUT2D eigenvalue weighted by molar-refractivity contribution is 0.414. The normalized spacial score (nSPS) is 11.1. The van der Waals surface area contributed by atoms with Gasteiger partial charge in [-0.25, -0.2) is 4.39 Å². The van der Waals surface area contributed by atoms with Gasteiger partial charge in [-0.15, -0.1) is 0 Å².